The highest BCUT2D eigenvalue weighted by Crippen LogP contribution is 2.63. The molecule has 1 fully saturated rings. The summed E-state index contributed by atoms with van der Waals surface area (Å²) in [5.74, 6) is 1.49. The Hall–Kier alpha value is -1.32. The van der Waals surface area contributed by atoms with Crippen LogP contribution in [-0.4, -0.2) is 22.6 Å². The van der Waals surface area contributed by atoms with Gasteiger partial charge in [0.1, 0.15) is 12.1 Å². The van der Waals surface area contributed by atoms with Gasteiger partial charge in [-0.05, 0) is 17.3 Å². The normalized spacial score (nSPS) is 20.5. The van der Waals surface area contributed by atoms with E-state index < -0.39 is 0 Å². The van der Waals surface area contributed by atoms with Gasteiger partial charge in [-0.25, -0.2) is 9.97 Å². The van der Waals surface area contributed by atoms with E-state index in [0.717, 1.165) is 12.2 Å². The number of ether oxygens (including phenoxy) is 1. The molecule has 0 aliphatic heterocycles. The van der Waals surface area contributed by atoms with Gasteiger partial charge in [0.25, 0.3) is 0 Å². The molecule has 0 saturated heterocycles. The number of aromatic nitrogens is 2. The average molecular weight is 249 g/mol. The van der Waals surface area contributed by atoms with Gasteiger partial charge in [-0.2, -0.15) is 0 Å². The molecule has 1 aliphatic rings. The summed E-state index contributed by atoms with van der Waals surface area (Å²) < 4.78 is 5.51. The summed E-state index contributed by atoms with van der Waals surface area (Å²) >= 11 is 0. The zero-order valence-corrected chi connectivity index (χ0v) is 11.9. The molecule has 0 aromatic carbocycles. The molecule has 4 heteroatoms. The third-order valence-electron chi connectivity index (χ3n) is 4.41. The highest BCUT2D eigenvalue weighted by atomic mass is 16.5. The summed E-state index contributed by atoms with van der Waals surface area (Å²) in [6, 6.07) is 2.32. The van der Waals surface area contributed by atoms with Gasteiger partial charge >= 0.3 is 0 Å². The molecule has 1 saturated carbocycles. The van der Waals surface area contributed by atoms with E-state index in [4.69, 9.17) is 4.74 Å². The topological polar surface area (TPSA) is 47.0 Å². The summed E-state index contributed by atoms with van der Waals surface area (Å²) in [6.07, 6.45) is 2.53. The van der Waals surface area contributed by atoms with Crippen molar-refractivity contribution in [2.24, 2.45) is 10.8 Å². The Morgan fingerprint density at radius 2 is 1.89 bits per heavy atom. The van der Waals surface area contributed by atoms with Gasteiger partial charge in [0.05, 0.1) is 6.61 Å². The van der Waals surface area contributed by atoms with Crippen LogP contribution in [0.3, 0.4) is 0 Å². The second-order valence-electron chi connectivity index (χ2n) is 6.11. The first-order valence-electron chi connectivity index (χ1n) is 6.61. The zero-order chi connectivity index (χ0) is 13.4. The van der Waals surface area contributed by atoms with Gasteiger partial charge in [-0.3, -0.25) is 0 Å². The maximum Gasteiger partial charge on any atom is 0.218 e. The molecule has 2 rings (SSSR count). The van der Waals surface area contributed by atoms with Crippen LogP contribution < -0.4 is 10.1 Å². The Kier molecular flexibility index (Phi) is 3.21. The first-order valence-corrected chi connectivity index (χ1v) is 6.61. The highest BCUT2D eigenvalue weighted by Gasteiger charge is 2.65. The number of nitrogens with one attached hydrogen (secondary N) is 1. The predicted molar refractivity (Wildman–Crippen MR) is 72.8 cm³/mol. The SMILES string of the molecule is CCCOc1cc(NC2C(C)(C)C2(C)C)ncn1. The Labute approximate surface area is 109 Å². The molecule has 0 amide bonds. The quantitative estimate of drug-likeness (QED) is 0.871. The Bertz CT molecular complexity index is 415. The van der Waals surface area contributed by atoms with Crippen LogP contribution in [-0.2, 0) is 0 Å². The van der Waals surface area contributed by atoms with Crippen LogP contribution in [0.15, 0.2) is 12.4 Å². The van der Waals surface area contributed by atoms with E-state index in [9.17, 15) is 0 Å². The standard InChI is InChI=1S/C14H23N3O/c1-6-7-18-11-8-10(15-9-16-11)17-12-13(2,3)14(12,4)5/h8-9,12H,6-7H2,1-5H3,(H,15,16,17). The molecule has 4 nitrogen and oxygen atoms in total. The van der Waals surface area contributed by atoms with Gasteiger partial charge in [0.15, 0.2) is 0 Å². The van der Waals surface area contributed by atoms with Crippen molar-refractivity contribution in [2.45, 2.75) is 47.1 Å². The fourth-order valence-electron chi connectivity index (χ4n) is 2.41. The maximum atomic E-state index is 5.51. The van der Waals surface area contributed by atoms with Crippen LogP contribution in [0.2, 0.25) is 0 Å². The lowest BCUT2D eigenvalue weighted by molar-refractivity contribution is 0.305. The first-order chi connectivity index (χ1) is 8.39. The smallest absolute Gasteiger partial charge is 0.218 e. The van der Waals surface area contributed by atoms with E-state index in [1.807, 2.05) is 6.07 Å². The second kappa shape index (κ2) is 4.41. The minimum atomic E-state index is 0.294. The van der Waals surface area contributed by atoms with Gasteiger partial charge in [0.2, 0.25) is 5.88 Å². The largest absolute Gasteiger partial charge is 0.478 e. The minimum Gasteiger partial charge on any atom is -0.478 e. The lowest BCUT2D eigenvalue weighted by Crippen LogP contribution is -2.11. The van der Waals surface area contributed by atoms with Crippen LogP contribution in [0.5, 0.6) is 5.88 Å². The molecule has 0 atom stereocenters. The van der Waals surface area contributed by atoms with E-state index in [1.165, 1.54) is 0 Å². The number of hydrogen-bond acceptors (Lipinski definition) is 4. The molecule has 0 unspecified atom stereocenters. The van der Waals surface area contributed by atoms with Crippen LogP contribution in [0.1, 0.15) is 41.0 Å². The molecule has 0 spiro atoms. The zero-order valence-electron chi connectivity index (χ0n) is 11.9. The summed E-state index contributed by atoms with van der Waals surface area (Å²) in [5, 5.41) is 3.48. The van der Waals surface area contributed by atoms with E-state index in [1.54, 1.807) is 6.33 Å². The Balaban J connectivity index is 2.03. The molecule has 1 aromatic heterocycles. The van der Waals surface area contributed by atoms with E-state index >= 15 is 0 Å². The molecular weight excluding hydrogens is 226 g/mol. The van der Waals surface area contributed by atoms with Crippen molar-refractivity contribution in [1.82, 2.24) is 9.97 Å². The van der Waals surface area contributed by atoms with Gasteiger partial charge in [0, 0.05) is 12.1 Å². The maximum absolute atomic E-state index is 5.51. The highest BCUT2D eigenvalue weighted by molar-refractivity contribution is 5.43. The van der Waals surface area contributed by atoms with E-state index in [2.05, 4.69) is 49.9 Å². The number of anilines is 1. The summed E-state index contributed by atoms with van der Waals surface area (Å²) in [6.45, 7) is 11.9. The minimum absolute atomic E-state index is 0.294. The number of nitrogens with zero attached hydrogens (tertiary/aromatic N) is 2. The molecule has 0 radical (unpaired) electrons. The van der Waals surface area contributed by atoms with Crippen molar-refractivity contribution in [3.63, 3.8) is 0 Å². The molecule has 18 heavy (non-hydrogen) atoms. The van der Waals surface area contributed by atoms with Crippen molar-refractivity contribution >= 4 is 5.82 Å². The molecule has 1 heterocycles. The average Bonchev–Trinajstić information content (AvgIpc) is 2.70. The second-order valence-corrected chi connectivity index (χ2v) is 6.11. The van der Waals surface area contributed by atoms with Crippen molar-refractivity contribution in [2.75, 3.05) is 11.9 Å². The molecule has 100 valence electrons. The van der Waals surface area contributed by atoms with E-state index in [0.29, 0.717) is 29.4 Å². The lowest BCUT2D eigenvalue weighted by Gasteiger charge is -2.09. The number of hydrogen-bond donors (Lipinski definition) is 1. The molecular formula is C14H23N3O. The monoisotopic (exact) mass is 249 g/mol. The van der Waals surface area contributed by atoms with E-state index in [-0.39, 0.29) is 0 Å². The van der Waals surface area contributed by atoms with Gasteiger partial charge in [-0.15, -0.1) is 0 Å². The van der Waals surface area contributed by atoms with Crippen molar-refractivity contribution in [1.29, 1.82) is 0 Å². The number of rotatable bonds is 5. The molecule has 1 aliphatic carbocycles. The van der Waals surface area contributed by atoms with Crippen molar-refractivity contribution in [3.8, 4) is 5.88 Å². The van der Waals surface area contributed by atoms with Crippen molar-refractivity contribution < 1.29 is 4.74 Å². The lowest BCUT2D eigenvalue weighted by atomic mass is 10.0. The fraction of sp³-hybridized carbons (Fsp3) is 0.714. The summed E-state index contributed by atoms with van der Waals surface area (Å²) in [7, 11) is 0. The van der Waals surface area contributed by atoms with Gasteiger partial charge < -0.3 is 10.1 Å². The Morgan fingerprint density at radius 3 is 2.44 bits per heavy atom. The van der Waals surface area contributed by atoms with Crippen molar-refractivity contribution in [3.05, 3.63) is 12.4 Å². The Morgan fingerprint density at radius 1 is 1.22 bits per heavy atom. The predicted octanol–water partition coefficient (Wildman–Crippen LogP) is 3.11. The third kappa shape index (κ3) is 2.16. The summed E-state index contributed by atoms with van der Waals surface area (Å²) in [4.78, 5) is 8.36. The van der Waals surface area contributed by atoms with Crippen LogP contribution >= 0.6 is 0 Å². The third-order valence-corrected chi connectivity index (χ3v) is 4.41. The van der Waals surface area contributed by atoms with Crippen LogP contribution in [0, 0.1) is 10.8 Å². The van der Waals surface area contributed by atoms with Crippen LogP contribution in [0.4, 0.5) is 5.82 Å². The first kappa shape index (κ1) is 13.1. The van der Waals surface area contributed by atoms with Crippen LogP contribution in [0.25, 0.3) is 0 Å². The molecule has 1 N–H and O–H groups in total. The summed E-state index contributed by atoms with van der Waals surface area (Å²) in [5.41, 5.74) is 0.588. The molecule has 0 bridgehead atoms. The molecule has 1 aromatic rings. The fourth-order valence-corrected chi connectivity index (χ4v) is 2.41. The van der Waals surface area contributed by atoms with Gasteiger partial charge in [-0.1, -0.05) is 34.6 Å².